The predicted molar refractivity (Wildman–Crippen MR) is 44.2 cm³/mol. The topological polar surface area (TPSA) is 42.2 Å². The van der Waals surface area contributed by atoms with Gasteiger partial charge in [-0.3, -0.25) is 0 Å². The van der Waals surface area contributed by atoms with Crippen LogP contribution in [-0.2, 0) is 0 Å². The van der Waals surface area contributed by atoms with Crippen LogP contribution in [0.15, 0.2) is 6.07 Å². The number of ether oxygens (including phenoxy) is 2. The Balaban J connectivity index is 3.52. The Labute approximate surface area is 79.5 Å². The lowest BCUT2D eigenvalue weighted by molar-refractivity contribution is 0.327. The number of benzene rings is 1. The van der Waals surface area contributed by atoms with Gasteiger partial charge in [0.05, 0.1) is 14.2 Å². The maximum absolute atomic E-state index is 13.1. The SMILES string of the molecule is COc1c(C#N)cc(F)c(F)c1OC. The highest BCUT2D eigenvalue weighted by molar-refractivity contribution is 5.53. The van der Waals surface area contributed by atoms with Gasteiger partial charge in [-0.05, 0) is 6.07 Å². The minimum atomic E-state index is -1.16. The summed E-state index contributed by atoms with van der Waals surface area (Å²) < 4.78 is 35.3. The lowest BCUT2D eigenvalue weighted by Crippen LogP contribution is -1.99. The molecule has 0 aromatic heterocycles. The Bertz CT molecular complexity index is 399. The van der Waals surface area contributed by atoms with E-state index in [4.69, 9.17) is 10.00 Å². The monoisotopic (exact) mass is 199 g/mol. The Morgan fingerprint density at radius 2 is 1.79 bits per heavy atom. The van der Waals surface area contributed by atoms with E-state index >= 15 is 0 Å². The van der Waals surface area contributed by atoms with Gasteiger partial charge in [0.2, 0.25) is 11.6 Å². The highest BCUT2D eigenvalue weighted by Crippen LogP contribution is 2.34. The van der Waals surface area contributed by atoms with Gasteiger partial charge in [-0.15, -0.1) is 0 Å². The van der Waals surface area contributed by atoms with Crippen molar-refractivity contribution in [2.45, 2.75) is 0 Å². The van der Waals surface area contributed by atoms with Crippen molar-refractivity contribution in [1.29, 1.82) is 5.26 Å². The highest BCUT2D eigenvalue weighted by Gasteiger charge is 2.19. The summed E-state index contributed by atoms with van der Waals surface area (Å²) in [6.07, 6.45) is 0. The molecule has 0 unspecified atom stereocenters. The predicted octanol–water partition coefficient (Wildman–Crippen LogP) is 1.85. The average molecular weight is 199 g/mol. The number of nitrogens with zero attached hydrogens (tertiary/aromatic N) is 1. The average Bonchev–Trinajstić information content (AvgIpc) is 2.20. The van der Waals surface area contributed by atoms with Gasteiger partial charge in [-0.2, -0.15) is 9.65 Å². The Morgan fingerprint density at radius 1 is 1.21 bits per heavy atom. The summed E-state index contributed by atoms with van der Waals surface area (Å²) in [6, 6.07) is 2.44. The molecule has 0 saturated heterocycles. The fraction of sp³-hybridized carbons (Fsp3) is 0.222. The molecule has 0 bridgehead atoms. The fourth-order valence-electron chi connectivity index (χ4n) is 1.05. The standard InChI is InChI=1S/C9H7F2NO2/c1-13-8-5(4-12)3-6(10)7(11)9(8)14-2/h3H,1-2H3. The summed E-state index contributed by atoms with van der Waals surface area (Å²) in [5.41, 5.74) is -0.108. The van der Waals surface area contributed by atoms with E-state index in [9.17, 15) is 8.78 Å². The summed E-state index contributed by atoms with van der Waals surface area (Å²) in [4.78, 5) is 0. The van der Waals surface area contributed by atoms with E-state index in [0.717, 1.165) is 6.07 Å². The summed E-state index contributed by atoms with van der Waals surface area (Å²) in [6.45, 7) is 0. The first-order chi connectivity index (χ1) is 6.65. The van der Waals surface area contributed by atoms with Crippen LogP contribution in [0.2, 0.25) is 0 Å². The molecule has 0 fully saturated rings. The molecule has 0 N–H and O–H groups in total. The first-order valence-corrected chi connectivity index (χ1v) is 3.65. The smallest absolute Gasteiger partial charge is 0.204 e. The van der Waals surface area contributed by atoms with E-state index in [1.807, 2.05) is 0 Å². The van der Waals surface area contributed by atoms with Gasteiger partial charge in [0.15, 0.2) is 11.6 Å². The fourth-order valence-corrected chi connectivity index (χ4v) is 1.05. The lowest BCUT2D eigenvalue weighted by Gasteiger charge is -2.09. The number of rotatable bonds is 2. The van der Waals surface area contributed by atoms with Crippen LogP contribution in [0.25, 0.3) is 0 Å². The van der Waals surface area contributed by atoms with Crippen molar-refractivity contribution < 1.29 is 18.3 Å². The third-order valence-corrected chi connectivity index (χ3v) is 1.66. The van der Waals surface area contributed by atoms with E-state index in [0.29, 0.717) is 0 Å². The van der Waals surface area contributed by atoms with E-state index in [1.165, 1.54) is 14.2 Å². The van der Waals surface area contributed by atoms with E-state index in [1.54, 1.807) is 6.07 Å². The molecule has 14 heavy (non-hydrogen) atoms. The van der Waals surface area contributed by atoms with Crippen LogP contribution in [0, 0.1) is 23.0 Å². The summed E-state index contributed by atoms with van der Waals surface area (Å²) in [5, 5.41) is 8.61. The van der Waals surface area contributed by atoms with Crippen molar-refractivity contribution in [3.05, 3.63) is 23.3 Å². The number of halogens is 2. The molecule has 5 heteroatoms. The van der Waals surface area contributed by atoms with Gasteiger partial charge < -0.3 is 9.47 Å². The molecule has 1 rings (SSSR count). The number of nitriles is 1. The van der Waals surface area contributed by atoms with E-state index in [-0.39, 0.29) is 11.3 Å². The lowest BCUT2D eigenvalue weighted by atomic mass is 10.2. The van der Waals surface area contributed by atoms with Crippen molar-refractivity contribution in [3.8, 4) is 17.6 Å². The quantitative estimate of drug-likeness (QED) is 0.729. The van der Waals surface area contributed by atoms with Crippen molar-refractivity contribution in [2.24, 2.45) is 0 Å². The Kier molecular flexibility index (Phi) is 2.87. The molecule has 0 aliphatic heterocycles. The summed E-state index contributed by atoms with van der Waals surface area (Å²) in [7, 11) is 2.41. The molecule has 1 aromatic carbocycles. The molecule has 74 valence electrons. The van der Waals surface area contributed by atoms with Crippen LogP contribution in [0.1, 0.15) is 5.56 Å². The number of hydrogen-bond donors (Lipinski definition) is 0. The maximum atomic E-state index is 13.1. The first kappa shape index (κ1) is 10.3. The van der Waals surface area contributed by atoms with Crippen LogP contribution < -0.4 is 9.47 Å². The van der Waals surface area contributed by atoms with Gasteiger partial charge in [0.1, 0.15) is 11.6 Å². The van der Waals surface area contributed by atoms with E-state index < -0.39 is 17.4 Å². The van der Waals surface area contributed by atoms with Crippen molar-refractivity contribution >= 4 is 0 Å². The molecule has 0 atom stereocenters. The van der Waals surface area contributed by atoms with Gasteiger partial charge in [-0.1, -0.05) is 0 Å². The zero-order valence-corrected chi connectivity index (χ0v) is 7.60. The van der Waals surface area contributed by atoms with Gasteiger partial charge in [0.25, 0.3) is 0 Å². The molecule has 0 amide bonds. The molecular weight excluding hydrogens is 192 g/mol. The molecule has 0 aliphatic rings. The minimum absolute atomic E-state index is 0.103. The molecule has 0 heterocycles. The van der Waals surface area contributed by atoms with Crippen molar-refractivity contribution in [3.63, 3.8) is 0 Å². The molecule has 0 aliphatic carbocycles. The minimum Gasteiger partial charge on any atom is -0.491 e. The summed E-state index contributed by atoms with van der Waals surface area (Å²) in [5.74, 6) is -2.81. The van der Waals surface area contributed by atoms with Crippen molar-refractivity contribution in [2.75, 3.05) is 14.2 Å². The van der Waals surface area contributed by atoms with Crippen LogP contribution in [0.4, 0.5) is 8.78 Å². The first-order valence-electron chi connectivity index (χ1n) is 3.65. The van der Waals surface area contributed by atoms with Crippen LogP contribution in [0.3, 0.4) is 0 Å². The zero-order chi connectivity index (χ0) is 10.7. The number of methoxy groups -OCH3 is 2. The molecule has 0 spiro atoms. The van der Waals surface area contributed by atoms with E-state index in [2.05, 4.69) is 4.74 Å². The van der Waals surface area contributed by atoms with Crippen molar-refractivity contribution in [1.82, 2.24) is 0 Å². The molecule has 1 aromatic rings. The third-order valence-electron chi connectivity index (χ3n) is 1.66. The number of hydrogen-bond acceptors (Lipinski definition) is 3. The van der Waals surface area contributed by atoms with Gasteiger partial charge in [-0.25, -0.2) is 4.39 Å². The summed E-state index contributed by atoms with van der Waals surface area (Å²) >= 11 is 0. The Hall–Kier alpha value is -1.83. The van der Waals surface area contributed by atoms with Crippen LogP contribution >= 0.6 is 0 Å². The normalized spacial score (nSPS) is 9.36. The van der Waals surface area contributed by atoms with Crippen LogP contribution in [0.5, 0.6) is 11.5 Å². The maximum Gasteiger partial charge on any atom is 0.204 e. The highest BCUT2D eigenvalue weighted by atomic mass is 19.2. The second-order valence-electron chi connectivity index (χ2n) is 2.40. The molecule has 0 saturated carbocycles. The third kappa shape index (κ3) is 1.46. The largest absolute Gasteiger partial charge is 0.491 e. The van der Waals surface area contributed by atoms with Crippen LogP contribution in [-0.4, -0.2) is 14.2 Å². The molecule has 3 nitrogen and oxygen atoms in total. The van der Waals surface area contributed by atoms with Gasteiger partial charge in [0, 0.05) is 0 Å². The van der Waals surface area contributed by atoms with Gasteiger partial charge >= 0.3 is 0 Å². The molecule has 0 radical (unpaired) electrons. The second-order valence-corrected chi connectivity index (χ2v) is 2.40. The zero-order valence-electron chi connectivity index (χ0n) is 7.60. The Morgan fingerprint density at radius 3 is 2.21 bits per heavy atom. The second kappa shape index (κ2) is 3.92. The molecular formula is C9H7F2NO2.